The maximum Gasteiger partial charge on any atom is 0.267 e. The molecule has 0 aliphatic carbocycles. The number of hydrogen-bond donors (Lipinski definition) is 1. The second kappa shape index (κ2) is 2.39. The molecule has 0 aromatic heterocycles. The summed E-state index contributed by atoms with van der Waals surface area (Å²) in [5.41, 5.74) is 4.58. The van der Waals surface area contributed by atoms with Gasteiger partial charge in [-0.3, -0.25) is 4.90 Å². The van der Waals surface area contributed by atoms with Gasteiger partial charge < -0.3 is 5.73 Å². The second-order valence-corrected chi connectivity index (χ2v) is 3.97. The van der Waals surface area contributed by atoms with Crippen molar-refractivity contribution in [3.8, 4) is 0 Å². The van der Waals surface area contributed by atoms with Crippen molar-refractivity contribution in [2.24, 2.45) is 11.1 Å². The lowest BCUT2D eigenvalue weighted by molar-refractivity contribution is -0.197. The molecule has 2 nitrogen and oxygen atoms in total. The molecule has 0 radical (unpaired) electrons. The van der Waals surface area contributed by atoms with Gasteiger partial charge in [0.25, 0.3) is 5.92 Å². The van der Waals surface area contributed by atoms with Crippen LogP contribution in [-0.2, 0) is 0 Å². The molecule has 4 heteroatoms. The first-order chi connectivity index (χ1) is 5.60. The van der Waals surface area contributed by atoms with Gasteiger partial charge in [0.1, 0.15) is 0 Å². The summed E-state index contributed by atoms with van der Waals surface area (Å²) in [5, 5.41) is 0. The first kappa shape index (κ1) is 8.38. The van der Waals surface area contributed by atoms with Crippen molar-refractivity contribution in [2.75, 3.05) is 26.2 Å². The topological polar surface area (TPSA) is 29.3 Å². The largest absolute Gasteiger partial charge is 0.330 e. The van der Waals surface area contributed by atoms with Crippen molar-refractivity contribution < 1.29 is 8.78 Å². The van der Waals surface area contributed by atoms with Crippen LogP contribution in [0.4, 0.5) is 8.78 Å². The molecular formula is C8H14F2N2. The highest BCUT2D eigenvalue weighted by molar-refractivity contribution is 5.03. The molecule has 3 heterocycles. The summed E-state index contributed by atoms with van der Waals surface area (Å²) in [7, 11) is 0. The molecule has 0 amide bonds. The standard InChI is InChI=1S/C8H14F2N2/c9-8(10)6-12-3-1-7(8,5-11)2-4-12/h1-6,11H2. The van der Waals surface area contributed by atoms with E-state index in [4.69, 9.17) is 5.73 Å². The predicted molar refractivity (Wildman–Crippen MR) is 42.1 cm³/mol. The van der Waals surface area contributed by atoms with Gasteiger partial charge in [-0.2, -0.15) is 0 Å². The van der Waals surface area contributed by atoms with Gasteiger partial charge >= 0.3 is 0 Å². The van der Waals surface area contributed by atoms with Crippen molar-refractivity contribution in [1.82, 2.24) is 4.90 Å². The molecule has 0 aromatic rings. The third-order valence-corrected chi connectivity index (χ3v) is 3.40. The summed E-state index contributed by atoms with van der Waals surface area (Å²) in [6.07, 6.45) is 1.13. The van der Waals surface area contributed by atoms with E-state index in [9.17, 15) is 8.78 Å². The molecule has 2 N–H and O–H groups in total. The fourth-order valence-electron chi connectivity index (χ4n) is 2.31. The molecule has 0 saturated carbocycles. The van der Waals surface area contributed by atoms with Crippen molar-refractivity contribution in [2.45, 2.75) is 18.8 Å². The van der Waals surface area contributed by atoms with Gasteiger partial charge in [-0.05, 0) is 25.9 Å². The normalized spacial score (nSPS) is 44.8. The fraction of sp³-hybridized carbons (Fsp3) is 1.00. The van der Waals surface area contributed by atoms with Gasteiger partial charge in [-0.15, -0.1) is 0 Å². The SMILES string of the molecule is NCC12CCN(CC1)CC2(F)F. The van der Waals surface area contributed by atoms with Crippen LogP contribution >= 0.6 is 0 Å². The molecule has 2 bridgehead atoms. The number of rotatable bonds is 1. The zero-order valence-corrected chi connectivity index (χ0v) is 7.02. The molecular weight excluding hydrogens is 162 g/mol. The maximum atomic E-state index is 13.4. The summed E-state index contributed by atoms with van der Waals surface area (Å²) in [4.78, 5) is 1.83. The number of halogens is 2. The molecule has 70 valence electrons. The van der Waals surface area contributed by atoms with Gasteiger partial charge in [0, 0.05) is 6.54 Å². The van der Waals surface area contributed by atoms with Gasteiger partial charge in [-0.25, -0.2) is 8.78 Å². The molecule has 0 atom stereocenters. The number of alkyl halides is 2. The van der Waals surface area contributed by atoms with E-state index < -0.39 is 11.3 Å². The van der Waals surface area contributed by atoms with Crippen molar-refractivity contribution in [3.05, 3.63) is 0 Å². The second-order valence-electron chi connectivity index (χ2n) is 3.97. The Morgan fingerprint density at radius 1 is 1.25 bits per heavy atom. The van der Waals surface area contributed by atoms with Crippen LogP contribution in [0.15, 0.2) is 0 Å². The molecule has 0 unspecified atom stereocenters. The number of nitrogens with two attached hydrogens (primary N) is 1. The van der Waals surface area contributed by atoms with E-state index in [0.717, 1.165) is 13.1 Å². The molecule has 0 spiro atoms. The first-order valence-corrected chi connectivity index (χ1v) is 4.40. The number of fused-ring (bicyclic) bond motifs is 3. The van der Waals surface area contributed by atoms with E-state index in [1.807, 2.05) is 4.90 Å². The zero-order chi connectivity index (χ0) is 8.82. The monoisotopic (exact) mass is 176 g/mol. The Bertz CT molecular complexity index is 185. The van der Waals surface area contributed by atoms with Crippen LogP contribution in [0, 0.1) is 5.41 Å². The molecule has 3 saturated heterocycles. The predicted octanol–water partition coefficient (Wildman–Crippen LogP) is 0.676. The summed E-state index contributed by atoms with van der Waals surface area (Å²) < 4.78 is 26.9. The van der Waals surface area contributed by atoms with Gasteiger partial charge in [0.05, 0.1) is 12.0 Å². The van der Waals surface area contributed by atoms with E-state index in [0.29, 0.717) is 12.8 Å². The Kier molecular flexibility index (Phi) is 1.67. The van der Waals surface area contributed by atoms with Crippen LogP contribution in [-0.4, -0.2) is 37.0 Å². The highest BCUT2D eigenvalue weighted by Gasteiger charge is 2.58. The lowest BCUT2D eigenvalue weighted by Gasteiger charge is -2.52. The third-order valence-electron chi connectivity index (χ3n) is 3.40. The minimum atomic E-state index is -2.56. The lowest BCUT2D eigenvalue weighted by Crippen LogP contribution is -2.64. The van der Waals surface area contributed by atoms with Gasteiger partial charge in [0.2, 0.25) is 0 Å². The van der Waals surface area contributed by atoms with Crippen LogP contribution < -0.4 is 5.73 Å². The summed E-state index contributed by atoms with van der Waals surface area (Å²) in [5.74, 6) is -2.56. The van der Waals surface area contributed by atoms with Crippen LogP contribution in [0.5, 0.6) is 0 Å². The first-order valence-electron chi connectivity index (χ1n) is 4.40. The quantitative estimate of drug-likeness (QED) is 0.636. The van der Waals surface area contributed by atoms with Gasteiger partial charge in [-0.1, -0.05) is 0 Å². The Morgan fingerprint density at radius 2 is 1.83 bits per heavy atom. The van der Waals surface area contributed by atoms with E-state index >= 15 is 0 Å². The third kappa shape index (κ3) is 0.910. The zero-order valence-electron chi connectivity index (χ0n) is 7.02. The Labute approximate surface area is 70.7 Å². The fourth-order valence-corrected chi connectivity index (χ4v) is 2.31. The average Bonchev–Trinajstić information content (AvgIpc) is 2.04. The molecule has 0 aromatic carbocycles. The number of nitrogens with zero attached hydrogens (tertiary/aromatic N) is 1. The molecule has 12 heavy (non-hydrogen) atoms. The number of piperidine rings is 3. The smallest absolute Gasteiger partial charge is 0.267 e. The van der Waals surface area contributed by atoms with Crippen molar-refractivity contribution in [1.29, 1.82) is 0 Å². The summed E-state index contributed by atoms with van der Waals surface area (Å²) >= 11 is 0. The maximum absolute atomic E-state index is 13.4. The lowest BCUT2D eigenvalue weighted by atomic mass is 9.69. The van der Waals surface area contributed by atoms with E-state index in [1.165, 1.54) is 0 Å². The Morgan fingerprint density at radius 3 is 2.17 bits per heavy atom. The summed E-state index contributed by atoms with van der Waals surface area (Å²) in [6, 6.07) is 0. The van der Waals surface area contributed by atoms with Crippen LogP contribution in [0.2, 0.25) is 0 Å². The molecule has 3 aliphatic heterocycles. The number of hydrogen-bond acceptors (Lipinski definition) is 2. The Hall–Kier alpha value is -0.220. The van der Waals surface area contributed by atoms with E-state index in [2.05, 4.69) is 0 Å². The van der Waals surface area contributed by atoms with E-state index in [-0.39, 0.29) is 13.1 Å². The van der Waals surface area contributed by atoms with Crippen LogP contribution in [0.25, 0.3) is 0 Å². The van der Waals surface area contributed by atoms with Crippen LogP contribution in [0.1, 0.15) is 12.8 Å². The van der Waals surface area contributed by atoms with Gasteiger partial charge in [0.15, 0.2) is 0 Å². The van der Waals surface area contributed by atoms with Crippen molar-refractivity contribution in [3.63, 3.8) is 0 Å². The average molecular weight is 176 g/mol. The van der Waals surface area contributed by atoms with Crippen LogP contribution in [0.3, 0.4) is 0 Å². The highest BCUT2D eigenvalue weighted by atomic mass is 19.3. The summed E-state index contributed by atoms with van der Waals surface area (Å²) in [6.45, 7) is 1.65. The molecule has 3 fully saturated rings. The van der Waals surface area contributed by atoms with E-state index in [1.54, 1.807) is 0 Å². The highest BCUT2D eigenvalue weighted by Crippen LogP contribution is 2.49. The molecule has 3 aliphatic rings. The Balaban J connectivity index is 2.27. The van der Waals surface area contributed by atoms with Crippen molar-refractivity contribution >= 4 is 0 Å². The molecule has 3 rings (SSSR count). The minimum absolute atomic E-state index is 0.0792. The minimum Gasteiger partial charge on any atom is -0.330 e.